The standard InChI is InChI=1S/C12H16BrClO/c1-3-10(4-2)15-12-9(8-14)6-5-7-11(12)13/h5-7,10H,3-4,8H2,1-2H3. The van der Waals surface area contributed by atoms with Crippen LogP contribution in [0.15, 0.2) is 22.7 Å². The lowest BCUT2D eigenvalue weighted by Crippen LogP contribution is -2.14. The molecule has 0 aliphatic rings. The fraction of sp³-hybridized carbons (Fsp3) is 0.500. The van der Waals surface area contributed by atoms with Crippen molar-refractivity contribution in [1.29, 1.82) is 0 Å². The van der Waals surface area contributed by atoms with Crippen LogP contribution < -0.4 is 4.74 Å². The molecule has 15 heavy (non-hydrogen) atoms. The van der Waals surface area contributed by atoms with E-state index in [-0.39, 0.29) is 6.10 Å². The van der Waals surface area contributed by atoms with Gasteiger partial charge in [0, 0.05) is 5.56 Å². The van der Waals surface area contributed by atoms with Crippen LogP contribution in [0.25, 0.3) is 0 Å². The van der Waals surface area contributed by atoms with Gasteiger partial charge in [-0.15, -0.1) is 11.6 Å². The second kappa shape index (κ2) is 6.39. The van der Waals surface area contributed by atoms with E-state index in [4.69, 9.17) is 16.3 Å². The van der Waals surface area contributed by atoms with Crippen LogP contribution in [0.1, 0.15) is 32.3 Å². The van der Waals surface area contributed by atoms with Crippen molar-refractivity contribution in [3.8, 4) is 5.75 Å². The van der Waals surface area contributed by atoms with Gasteiger partial charge in [-0.25, -0.2) is 0 Å². The molecule has 1 aromatic carbocycles. The molecule has 0 aliphatic carbocycles. The van der Waals surface area contributed by atoms with Crippen molar-refractivity contribution in [3.05, 3.63) is 28.2 Å². The Balaban J connectivity index is 2.91. The third kappa shape index (κ3) is 3.39. The number of ether oxygens (including phenoxy) is 1. The Bertz CT molecular complexity index is 310. The minimum absolute atomic E-state index is 0.269. The van der Waals surface area contributed by atoms with Crippen LogP contribution in [0.3, 0.4) is 0 Å². The first kappa shape index (κ1) is 12.9. The van der Waals surface area contributed by atoms with E-state index in [1.54, 1.807) is 0 Å². The van der Waals surface area contributed by atoms with Crippen molar-refractivity contribution in [2.24, 2.45) is 0 Å². The summed E-state index contributed by atoms with van der Waals surface area (Å²) in [5, 5.41) is 0. The topological polar surface area (TPSA) is 9.23 Å². The second-order valence-electron chi connectivity index (χ2n) is 3.42. The van der Waals surface area contributed by atoms with Gasteiger partial charge >= 0.3 is 0 Å². The van der Waals surface area contributed by atoms with Crippen LogP contribution in [-0.2, 0) is 5.88 Å². The van der Waals surface area contributed by atoms with Gasteiger partial charge in [0.15, 0.2) is 0 Å². The van der Waals surface area contributed by atoms with E-state index in [0.717, 1.165) is 28.6 Å². The van der Waals surface area contributed by atoms with Crippen molar-refractivity contribution >= 4 is 27.5 Å². The molecule has 0 N–H and O–H groups in total. The molecule has 3 heteroatoms. The lowest BCUT2D eigenvalue weighted by atomic mass is 10.2. The lowest BCUT2D eigenvalue weighted by Gasteiger charge is -2.18. The highest BCUT2D eigenvalue weighted by Crippen LogP contribution is 2.31. The molecular formula is C12H16BrClO. The zero-order valence-electron chi connectivity index (χ0n) is 9.09. The molecule has 0 fully saturated rings. The van der Waals surface area contributed by atoms with Crippen molar-refractivity contribution in [1.82, 2.24) is 0 Å². The van der Waals surface area contributed by atoms with Gasteiger partial charge in [-0.1, -0.05) is 26.0 Å². The molecule has 0 aromatic heterocycles. The van der Waals surface area contributed by atoms with Crippen LogP contribution in [-0.4, -0.2) is 6.10 Å². The molecule has 1 rings (SSSR count). The summed E-state index contributed by atoms with van der Waals surface area (Å²) < 4.78 is 6.91. The summed E-state index contributed by atoms with van der Waals surface area (Å²) in [6.45, 7) is 4.26. The number of alkyl halides is 1. The summed E-state index contributed by atoms with van der Waals surface area (Å²) in [4.78, 5) is 0. The summed E-state index contributed by atoms with van der Waals surface area (Å²) in [5.74, 6) is 1.37. The third-order valence-electron chi connectivity index (χ3n) is 2.39. The Kier molecular flexibility index (Phi) is 5.48. The largest absolute Gasteiger partial charge is 0.489 e. The normalized spacial score (nSPS) is 10.7. The van der Waals surface area contributed by atoms with E-state index >= 15 is 0 Å². The van der Waals surface area contributed by atoms with Gasteiger partial charge in [-0.2, -0.15) is 0 Å². The highest BCUT2D eigenvalue weighted by Gasteiger charge is 2.11. The summed E-state index contributed by atoms with van der Waals surface area (Å²) in [7, 11) is 0. The number of para-hydroxylation sites is 1. The number of halogens is 2. The molecule has 84 valence electrons. The van der Waals surface area contributed by atoms with E-state index in [9.17, 15) is 0 Å². The van der Waals surface area contributed by atoms with Gasteiger partial charge in [0.1, 0.15) is 5.75 Å². The second-order valence-corrected chi connectivity index (χ2v) is 4.54. The summed E-state index contributed by atoms with van der Waals surface area (Å²) in [5.41, 5.74) is 1.04. The molecule has 0 amide bonds. The smallest absolute Gasteiger partial charge is 0.138 e. The average Bonchev–Trinajstić information content (AvgIpc) is 2.27. The molecule has 0 spiro atoms. The first-order valence-electron chi connectivity index (χ1n) is 5.22. The molecule has 0 unspecified atom stereocenters. The van der Waals surface area contributed by atoms with Crippen LogP contribution in [0.4, 0.5) is 0 Å². The van der Waals surface area contributed by atoms with Crippen molar-refractivity contribution in [3.63, 3.8) is 0 Å². The Morgan fingerprint density at radius 2 is 2.00 bits per heavy atom. The van der Waals surface area contributed by atoms with E-state index in [0.29, 0.717) is 5.88 Å². The fourth-order valence-corrected chi connectivity index (χ4v) is 2.12. The van der Waals surface area contributed by atoms with Gasteiger partial charge in [0.25, 0.3) is 0 Å². The maximum Gasteiger partial charge on any atom is 0.138 e. The summed E-state index contributed by atoms with van der Waals surface area (Å²) in [6.07, 6.45) is 2.30. The van der Waals surface area contributed by atoms with E-state index in [1.165, 1.54) is 0 Å². The number of benzene rings is 1. The first-order chi connectivity index (χ1) is 7.22. The van der Waals surface area contributed by atoms with Crippen LogP contribution in [0.2, 0.25) is 0 Å². The van der Waals surface area contributed by atoms with Gasteiger partial charge < -0.3 is 4.74 Å². The Morgan fingerprint density at radius 1 is 1.33 bits per heavy atom. The predicted molar refractivity (Wildman–Crippen MR) is 68.7 cm³/mol. The molecule has 1 nitrogen and oxygen atoms in total. The van der Waals surface area contributed by atoms with Gasteiger partial charge in [0.2, 0.25) is 0 Å². The zero-order valence-corrected chi connectivity index (χ0v) is 11.4. The van der Waals surface area contributed by atoms with E-state index in [1.807, 2.05) is 18.2 Å². The molecular weight excluding hydrogens is 275 g/mol. The highest BCUT2D eigenvalue weighted by atomic mass is 79.9. The van der Waals surface area contributed by atoms with E-state index in [2.05, 4.69) is 29.8 Å². The highest BCUT2D eigenvalue weighted by molar-refractivity contribution is 9.10. The summed E-state index contributed by atoms with van der Waals surface area (Å²) in [6, 6.07) is 5.95. The minimum atomic E-state index is 0.269. The number of rotatable bonds is 5. The Morgan fingerprint density at radius 3 is 2.53 bits per heavy atom. The van der Waals surface area contributed by atoms with E-state index < -0.39 is 0 Å². The van der Waals surface area contributed by atoms with Gasteiger partial charge in [0.05, 0.1) is 16.5 Å². The molecule has 0 saturated heterocycles. The van der Waals surface area contributed by atoms with Crippen LogP contribution in [0.5, 0.6) is 5.75 Å². The fourth-order valence-electron chi connectivity index (χ4n) is 1.41. The molecule has 0 atom stereocenters. The number of hydrogen-bond donors (Lipinski definition) is 0. The van der Waals surface area contributed by atoms with Crippen LogP contribution >= 0.6 is 27.5 Å². The first-order valence-corrected chi connectivity index (χ1v) is 6.55. The molecule has 0 aliphatic heterocycles. The maximum absolute atomic E-state index is 5.93. The third-order valence-corrected chi connectivity index (χ3v) is 3.30. The predicted octanol–water partition coefficient (Wildman–Crippen LogP) is 4.76. The molecule has 0 saturated carbocycles. The van der Waals surface area contributed by atoms with Gasteiger partial charge in [-0.05, 0) is 34.8 Å². The van der Waals surface area contributed by atoms with Crippen LogP contribution in [0, 0.1) is 0 Å². The summed E-state index contributed by atoms with van der Waals surface area (Å²) >= 11 is 9.36. The van der Waals surface area contributed by atoms with Crippen molar-refractivity contribution < 1.29 is 4.74 Å². The lowest BCUT2D eigenvalue weighted by molar-refractivity contribution is 0.190. The Labute approximate surface area is 105 Å². The van der Waals surface area contributed by atoms with Crippen molar-refractivity contribution in [2.75, 3.05) is 0 Å². The Hall–Kier alpha value is -0.210. The molecule has 0 bridgehead atoms. The minimum Gasteiger partial charge on any atom is -0.489 e. The monoisotopic (exact) mass is 290 g/mol. The SMILES string of the molecule is CCC(CC)Oc1c(Br)cccc1CCl. The molecule has 0 radical (unpaired) electrons. The molecule has 1 aromatic rings. The maximum atomic E-state index is 5.93. The zero-order chi connectivity index (χ0) is 11.3. The quantitative estimate of drug-likeness (QED) is 0.711. The van der Waals surface area contributed by atoms with Crippen molar-refractivity contribution in [2.45, 2.75) is 38.7 Å². The van der Waals surface area contributed by atoms with Gasteiger partial charge in [-0.3, -0.25) is 0 Å². The molecule has 0 heterocycles. The average molecular weight is 292 g/mol. The number of hydrogen-bond acceptors (Lipinski definition) is 1.